The molecule has 0 unspecified atom stereocenters. The van der Waals surface area contributed by atoms with Crippen molar-refractivity contribution in [3.8, 4) is 11.6 Å². The summed E-state index contributed by atoms with van der Waals surface area (Å²) >= 11 is 0. The molecule has 34 heavy (non-hydrogen) atoms. The van der Waals surface area contributed by atoms with Gasteiger partial charge in [-0.1, -0.05) is 6.07 Å². The molecule has 1 aromatic heterocycles. The fourth-order valence-electron chi connectivity index (χ4n) is 3.06. The normalized spacial score (nSPS) is 10.6. The molecule has 0 bridgehead atoms. The van der Waals surface area contributed by atoms with Gasteiger partial charge < -0.3 is 21.1 Å². The molecule has 174 valence electrons. The summed E-state index contributed by atoms with van der Waals surface area (Å²) in [7, 11) is 7.48. The van der Waals surface area contributed by atoms with Crippen LogP contribution in [0.3, 0.4) is 0 Å². The summed E-state index contributed by atoms with van der Waals surface area (Å²) in [6.45, 7) is 1.02. The fourth-order valence-corrected chi connectivity index (χ4v) is 3.06. The lowest BCUT2D eigenvalue weighted by molar-refractivity contribution is -0.117. The first kappa shape index (κ1) is 24.4. The maximum Gasteiger partial charge on any atom is 0.256 e. The van der Waals surface area contributed by atoms with Crippen LogP contribution < -0.4 is 32.1 Å². The number of hydrogen-bond acceptors (Lipinski definition) is 6. The van der Waals surface area contributed by atoms with Gasteiger partial charge in [-0.2, -0.15) is 4.98 Å². The standard InChI is InChI=1S/C22H20BF2N5O4/c1-11-3-4-12(19(32)28-9-17(26)31)7-16(11)30-21(33)18(23)20(29-22(30)27-2)34-10-13-5-6-14(24)8-15(13)25/h3-8H,9-10H2,1-2H3,(H2,26,31)(H,27,29)(H,28,32). The van der Waals surface area contributed by atoms with Crippen molar-refractivity contribution >= 4 is 31.1 Å². The minimum absolute atomic E-state index is 0.0339. The molecule has 0 aliphatic heterocycles. The number of aryl methyl sites for hydroxylation is 1. The van der Waals surface area contributed by atoms with Crippen molar-refractivity contribution < 1.29 is 23.1 Å². The van der Waals surface area contributed by atoms with E-state index in [-0.39, 0.29) is 41.6 Å². The van der Waals surface area contributed by atoms with Crippen molar-refractivity contribution in [2.45, 2.75) is 13.5 Å². The van der Waals surface area contributed by atoms with Crippen molar-refractivity contribution in [2.75, 3.05) is 18.9 Å². The molecule has 3 aromatic rings. The number of rotatable bonds is 8. The van der Waals surface area contributed by atoms with E-state index in [2.05, 4.69) is 15.6 Å². The highest BCUT2D eigenvalue weighted by Crippen LogP contribution is 2.20. The highest BCUT2D eigenvalue weighted by Gasteiger charge is 2.18. The topological polar surface area (TPSA) is 128 Å². The number of nitrogens with one attached hydrogen (secondary N) is 2. The largest absolute Gasteiger partial charge is 0.473 e. The lowest BCUT2D eigenvalue weighted by Crippen LogP contribution is -2.38. The van der Waals surface area contributed by atoms with Gasteiger partial charge in [0.25, 0.3) is 11.5 Å². The minimum Gasteiger partial charge on any atom is -0.473 e. The monoisotopic (exact) mass is 467 g/mol. The molecule has 12 heteroatoms. The van der Waals surface area contributed by atoms with Crippen LogP contribution in [0.25, 0.3) is 5.69 Å². The Morgan fingerprint density at radius 2 is 1.94 bits per heavy atom. The molecular weight excluding hydrogens is 447 g/mol. The summed E-state index contributed by atoms with van der Waals surface area (Å²) in [6, 6.07) is 7.55. The molecule has 2 amide bonds. The second kappa shape index (κ2) is 10.2. The van der Waals surface area contributed by atoms with Crippen LogP contribution in [-0.4, -0.2) is 42.8 Å². The molecule has 0 atom stereocenters. The summed E-state index contributed by atoms with van der Waals surface area (Å²) in [5.74, 6) is -3.04. The van der Waals surface area contributed by atoms with Gasteiger partial charge in [0.05, 0.1) is 12.2 Å². The van der Waals surface area contributed by atoms with Gasteiger partial charge >= 0.3 is 0 Å². The first-order chi connectivity index (χ1) is 16.1. The molecule has 0 aliphatic rings. The minimum atomic E-state index is -0.817. The Kier molecular flexibility index (Phi) is 7.29. The van der Waals surface area contributed by atoms with Gasteiger partial charge in [-0.3, -0.25) is 14.4 Å². The zero-order chi connectivity index (χ0) is 25.0. The molecule has 2 aromatic carbocycles. The molecular formula is C22H20BF2N5O4. The van der Waals surface area contributed by atoms with Gasteiger partial charge in [0.2, 0.25) is 17.7 Å². The predicted octanol–water partition coefficient (Wildman–Crippen LogP) is 0.449. The number of ether oxygens (including phenoxy) is 1. The maximum atomic E-state index is 13.9. The molecule has 2 radical (unpaired) electrons. The van der Waals surface area contributed by atoms with Crippen LogP contribution in [0.1, 0.15) is 21.5 Å². The van der Waals surface area contributed by atoms with E-state index in [1.807, 2.05) is 0 Å². The van der Waals surface area contributed by atoms with Crippen LogP contribution in [0.2, 0.25) is 0 Å². The molecule has 0 saturated heterocycles. The first-order valence-electron chi connectivity index (χ1n) is 9.97. The molecule has 0 aliphatic carbocycles. The molecule has 3 rings (SSSR count). The van der Waals surface area contributed by atoms with Gasteiger partial charge in [0.1, 0.15) is 26.1 Å². The Morgan fingerprint density at radius 1 is 1.21 bits per heavy atom. The lowest BCUT2D eigenvalue weighted by Gasteiger charge is -2.18. The Hall–Kier alpha value is -4.22. The number of halogens is 2. The Balaban J connectivity index is 1.99. The second-order valence-electron chi connectivity index (χ2n) is 7.22. The third kappa shape index (κ3) is 5.22. The first-order valence-corrected chi connectivity index (χ1v) is 9.97. The number of anilines is 1. The zero-order valence-electron chi connectivity index (χ0n) is 18.3. The number of carbonyl (C=O) groups excluding carboxylic acids is 2. The van der Waals surface area contributed by atoms with E-state index in [4.69, 9.17) is 18.3 Å². The molecule has 4 N–H and O–H groups in total. The number of primary amides is 1. The summed E-state index contributed by atoms with van der Waals surface area (Å²) in [5, 5.41) is 5.14. The average molecular weight is 467 g/mol. The number of amides is 2. The van der Waals surface area contributed by atoms with Crippen LogP contribution in [0.4, 0.5) is 14.7 Å². The number of nitrogens with two attached hydrogens (primary N) is 1. The number of nitrogens with zero attached hydrogens (tertiary/aromatic N) is 2. The van der Waals surface area contributed by atoms with Crippen LogP contribution >= 0.6 is 0 Å². The quantitative estimate of drug-likeness (QED) is 0.413. The van der Waals surface area contributed by atoms with E-state index in [0.29, 0.717) is 17.3 Å². The zero-order valence-corrected chi connectivity index (χ0v) is 18.3. The van der Waals surface area contributed by atoms with Crippen LogP contribution in [0, 0.1) is 18.6 Å². The van der Waals surface area contributed by atoms with Crippen molar-refractivity contribution in [3.05, 3.63) is 75.1 Å². The number of aromatic nitrogens is 2. The van der Waals surface area contributed by atoms with Crippen molar-refractivity contribution in [3.63, 3.8) is 0 Å². The lowest BCUT2D eigenvalue weighted by atomic mass is 9.98. The summed E-state index contributed by atoms with van der Waals surface area (Å²) in [4.78, 5) is 40.6. The number of benzene rings is 2. The molecule has 0 spiro atoms. The second-order valence-corrected chi connectivity index (χ2v) is 7.22. The van der Waals surface area contributed by atoms with Crippen LogP contribution in [-0.2, 0) is 11.4 Å². The predicted molar refractivity (Wildman–Crippen MR) is 122 cm³/mol. The van der Waals surface area contributed by atoms with Gasteiger partial charge in [-0.25, -0.2) is 13.3 Å². The fraction of sp³-hybridized carbons (Fsp3) is 0.182. The van der Waals surface area contributed by atoms with Gasteiger partial charge in [0, 0.05) is 29.7 Å². The third-order valence-corrected chi connectivity index (χ3v) is 4.82. The van der Waals surface area contributed by atoms with Crippen LogP contribution in [0.15, 0.2) is 41.2 Å². The van der Waals surface area contributed by atoms with Crippen molar-refractivity contribution in [1.29, 1.82) is 0 Å². The summed E-state index contributed by atoms with van der Waals surface area (Å²) in [6.07, 6.45) is 0. The number of carbonyl (C=O) groups is 2. The van der Waals surface area contributed by atoms with Gasteiger partial charge in [0.15, 0.2) is 0 Å². The van der Waals surface area contributed by atoms with Crippen LogP contribution in [0.5, 0.6) is 5.88 Å². The Morgan fingerprint density at radius 3 is 2.59 bits per heavy atom. The van der Waals surface area contributed by atoms with Crippen molar-refractivity contribution in [2.24, 2.45) is 5.73 Å². The Labute approximate surface area is 194 Å². The van der Waals surface area contributed by atoms with E-state index in [9.17, 15) is 23.2 Å². The van der Waals surface area contributed by atoms with Gasteiger partial charge in [-0.15, -0.1) is 0 Å². The molecule has 9 nitrogen and oxygen atoms in total. The van der Waals surface area contributed by atoms with Crippen molar-refractivity contribution in [1.82, 2.24) is 14.9 Å². The van der Waals surface area contributed by atoms with E-state index in [0.717, 1.165) is 10.6 Å². The highest BCUT2D eigenvalue weighted by atomic mass is 19.1. The van der Waals surface area contributed by atoms with E-state index < -0.39 is 29.0 Å². The SMILES string of the molecule is [B]c1c(OCc2ccc(F)cc2F)nc(NC)n(-c2cc(C(=O)NCC(N)=O)ccc2C)c1=O. The van der Waals surface area contributed by atoms with E-state index in [1.54, 1.807) is 13.0 Å². The number of hydrogen-bond donors (Lipinski definition) is 3. The molecule has 1 heterocycles. The van der Waals surface area contributed by atoms with E-state index >= 15 is 0 Å². The Bertz CT molecular complexity index is 1330. The maximum absolute atomic E-state index is 13.9. The van der Waals surface area contributed by atoms with E-state index in [1.165, 1.54) is 25.2 Å². The third-order valence-electron chi connectivity index (χ3n) is 4.82. The highest BCUT2D eigenvalue weighted by molar-refractivity contribution is 6.33. The molecule has 0 saturated carbocycles. The molecule has 0 fully saturated rings. The smallest absolute Gasteiger partial charge is 0.256 e. The summed E-state index contributed by atoms with van der Waals surface area (Å²) < 4.78 is 33.6. The van der Waals surface area contributed by atoms with Gasteiger partial charge in [-0.05, 0) is 36.8 Å². The summed E-state index contributed by atoms with van der Waals surface area (Å²) in [5.41, 5.74) is 5.12. The average Bonchev–Trinajstić information content (AvgIpc) is 2.79.